The average molecular weight is 288 g/mol. The van der Waals surface area contributed by atoms with E-state index < -0.39 is 0 Å². The van der Waals surface area contributed by atoms with Gasteiger partial charge in [-0.1, -0.05) is 23.7 Å². The number of hydrogen-bond donors (Lipinski definition) is 1. The molecule has 0 bridgehead atoms. The summed E-state index contributed by atoms with van der Waals surface area (Å²) in [6.45, 7) is 5.05. The highest BCUT2D eigenvalue weighted by atomic mass is 35.5. The van der Waals surface area contributed by atoms with E-state index >= 15 is 0 Å². The molecule has 1 N–H and O–H groups in total. The van der Waals surface area contributed by atoms with Crippen LogP contribution in [-0.4, -0.2) is 5.60 Å². The smallest absolute Gasteiger partial charge is 0.123 e. The van der Waals surface area contributed by atoms with Gasteiger partial charge in [0.25, 0.3) is 0 Å². The van der Waals surface area contributed by atoms with Gasteiger partial charge in [0.05, 0.1) is 0 Å². The molecular weight excluding hydrogens is 270 g/mol. The molecule has 1 aliphatic rings. The van der Waals surface area contributed by atoms with Gasteiger partial charge in [-0.25, -0.2) is 0 Å². The Hall–Kier alpha value is -1.67. The van der Waals surface area contributed by atoms with Crippen LogP contribution in [-0.2, 0) is 13.0 Å². The van der Waals surface area contributed by atoms with Gasteiger partial charge in [-0.3, -0.25) is 0 Å². The van der Waals surface area contributed by atoms with Crippen molar-refractivity contribution in [2.24, 2.45) is 0 Å². The molecule has 0 aliphatic carbocycles. The van der Waals surface area contributed by atoms with Crippen molar-refractivity contribution in [2.45, 2.75) is 32.4 Å². The molecule has 0 aromatic heterocycles. The Balaban J connectivity index is 1.69. The van der Waals surface area contributed by atoms with Gasteiger partial charge < -0.3 is 10.1 Å². The van der Waals surface area contributed by atoms with Crippen LogP contribution in [0.1, 0.15) is 25.0 Å². The van der Waals surface area contributed by atoms with E-state index in [-0.39, 0.29) is 5.60 Å². The third-order valence-electron chi connectivity index (χ3n) is 3.47. The molecule has 3 rings (SSSR count). The summed E-state index contributed by atoms with van der Waals surface area (Å²) in [6.07, 6.45) is 0.969. The number of hydrogen-bond acceptors (Lipinski definition) is 2. The fourth-order valence-electron chi connectivity index (χ4n) is 2.54. The first-order valence-corrected chi connectivity index (χ1v) is 7.20. The molecule has 0 spiro atoms. The Kier molecular flexibility index (Phi) is 3.35. The first-order valence-electron chi connectivity index (χ1n) is 6.82. The van der Waals surface area contributed by atoms with E-state index in [1.165, 1.54) is 11.1 Å². The van der Waals surface area contributed by atoms with E-state index in [0.29, 0.717) is 0 Å². The molecule has 0 saturated heterocycles. The largest absolute Gasteiger partial charge is 0.487 e. The molecular formula is C17H18ClNO. The van der Waals surface area contributed by atoms with Crippen molar-refractivity contribution in [3.63, 3.8) is 0 Å². The second kappa shape index (κ2) is 5.02. The summed E-state index contributed by atoms with van der Waals surface area (Å²) in [7, 11) is 0. The van der Waals surface area contributed by atoms with Crippen LogP contribution < -0.4 is 10.1 Å². The lowest BCUT2D eigenvalue weighted by atomic mass is 10.0. The van der Waals surface area contributed by atoms with Crippen molar-refractivity contribution in [1.82, 2.24) is 0 Å². The number of anilines is 1. The molecule has 0 amide bonds. The molecule has 2 nitrogen and oxygen atoms in total. The Morgan fingerprint density at radius 3 is 2.65 bits per heavy atom. The predicted molar refractivity (Wildman–Crippen MR) is 83.6 cm³/mol. The van der Waals surface area contributed by atoms with Gasteiger partial charge in [-0.15, -0.1) is 0 Å². The topological polar surface area (TPSA) is 21.3 Å². The van der Waals surface area contributed by atoms with Crippen molar-refractivity contribution in [1.29, 1.82) is 0 Å². The van der Waals surface area contributed by atoms with E-state index in [0.717, 1.165) is 29.4 Å². The Bertz CT molecular complexity index is 619. The minimum Gasteiger partial charge on any atom is -0.487 e. The van der Waals surface area contributed by atoms with Crippen LogP contribution >= 0.6 is 11.6 Å². The third-order valence-corrected chi connectivity index (χ3v) is 3.72. The van der Waals surface area contributed by atoms with E-state index in [9.17, 15) is 0 Å². The Labute approximate surface area is 124 Å². The summed E-state index contributed by atoms with van der Waals surface area (Å²) in [4.78, 5) is 0. The summed E-state index contributed by atoms with van der Waals surface area (Å²) in [5.74, 6) is 1.02. The van der Waals surface area contributed by atoms with Crippen LogP contribution in [0.25, 0.3) is 0 Å². The average Bonchev–Trinajstić information content (AvgIpc) is 2.71. The first-order chi connectivity index (χ1) is 9.52. The Morgan fingerprint density at radius 1 is 1.15 bits per heavy atom. The van der Waals surface area contributed by atoms with Crippen molar-refractivity contribution in [3.8, 4) is 5.75 Å². The predicted octanol–water partition coefficient (Wildman–Crippen LogP) is 4.67. The molecule has 1 aliphatic heterocycles. The maximum absolute atomic E-state index is 5.89. The minimum absolute atomic E-state index is 0.0788. The summed E-state index contributed by atoms with van der Waals surface area (Å²) in [6, 6.07) is 14.2. The van der Waals surface area contributed by atoms with Crippen LogP contribution in [0.2, 0.25) is 5.02 Å². The Morgan fingerprint density at radius 2 is 1.90 bits per heavy atom. The summed E-state index contributed by atoms with van der Waals surface area (Å²) in [5, 5.41) is 4.16. The second-order valence-corrected chi connectivity index (χ2v) is 6.28. The molecule has 2 aromatic rings. The number of ether oxygens (including phenoxy) is 1. The van der Waals surface area contributed by atoms with Crippen molar-refractivity contribution < 1.29 is 4.74 Å². The first kappa shape index (κ1) is 13.3. The van der Waals surface area contributed by atoms with E-state index in [2.05, 4.69) is 37.4 Å². The lowest BCUT2D eigenvalue weighted by molar-refractivity contribution is 0.138. The van der Waals surface area contributed by atoms with Gasteiger partial charge in [0.15, 0.2) is 0 Å². The normalized spacial score (nSPS) is 15.6. The molecule has 0 radical (unpaired) electrons. The molecule has 104 valence electrons. The number of benzene rings is 2. The highest BCUT2D eigenvalue weighted by molar-refractivity contribution is 6.30. The number of rotatable bonds is 3. The zero-order valence-electron chi connectivity index (χ0n) is 11.7. The van der Waals surface area contributed by atoms with Crippen LogP contribution in [0.5, 0.6) is 5.75 Å². The molecule has 20 heavy (non-hydrogen) atoms. The fraction of sp³-hybridized carbons (Fsp3) is 0.294. The molecule has 3 heteroatoms. The molecule has 1 heterocycles. The lowest BCUT2D eigenvalue weighted by Crippen LogP contribution is -2.24. The van der Waals surface area contributed by atoms with Crippen LogP contribution in [0.15, 0.2) is 42.5 Å². The summed E-state index contributed by atoms with van der Waals surface area (Å²) < 4.78 is 5.89. The van der Waals surface area contributed by atoms with Gasteiger partial charge in [-0.2, -0.15) is 0 Å². The van der Waals surface area contributed by atoms with Gasteiger partial charge in [0.1, 0.15) is 11.4 Å². The molecule has 0 atom stereocenters. The van der Waals surface area contributed by atoms with Gasteiger partial charge in [0.2, 0.25) is 0 Å². The minimum atomic E-state index is -0.0788. The van der Waals surface area contributed by atoms with Crippen molar-refractivity contribution >= 4 is 17.3 Å². The van der Waals surface area contributed by atoms with E-state index in [1.54, 1.807) is 0 Å². The van der Waals surface area contributed by atoms with Crippen molar-refractivity contribution in [2.75, 3.05) is 5.32 Å². The standard InChI is InChI=1S/C17H18ClNO/c1-17(2)10-13-9-12(3-8-16(13)20-17)11-19-15-6-4-14(18)5-7-15/h3-9,19H,10-11H2,1-2H3. The zero-order valence-corrected chi connectivity index (χ0v) is 12.5. The maximum Gasteiger partial charge on any atom is 0.123 e. The number of fused-ring (bicyclic) bond motifs is 1. The maximum atomic E-state index is 5.89. The van der Waals surface area contributed by atoms with Crippen LogP contribution in [0, 0.1) is 0 Å². The number of halogens is 1. The van der Waals surface area contributed by atoms with Gasteiger partial charge in [0, 0.05) is 23.7 Å². The van der Waals surface area contributed by atoms with Crippen LogP contribution in [0.3, 0.4) is 0 Å². The SMILES string of the molecule is CC1(C)Cc2cc(CNc3ccc(Cl)cc3)ccc2O1. The lowest BCUT2D eigenvalue weighted by Gasteiger charge is -2.16. The molecule has 0 saturated carbocycles. The summed E-state index contributed by atoms with van der Waals surface area (Å²) >= 11 is 5.88. The van der Waals surface area contributed by atoms with E-state index in [4.69, 9.17) is 16.3 Å². The zero-order chi connectivity index (χ0) is 14.2. The van der Waals surface area contributed by atoms with Gasteiger partial charge >= 0.3 is 0 Å². The van der Waals surface area contributed by atoms with Crippen LogP contribution in [0.4, 0.5) is 5.69 Å². The monoisotopic (exact) mass is 287 g/mol. The number of nitrogens with one attached hydrogen (secondary N) is 1. The second-order valence-electron chi connectivity index (χ2n) is 5.84. The third kappa shape index (κ3) is 2.91. The highest BCUT2D eigenvalue weighted by Gasteiger charge is 2.29. The quantitative estimate of drug-likeness (QED) is 0.886. The highest BCUT2D eigenvalue weighted by Crippen LogP contribution is 2.35. The molecule has 0 fully saturated rings. The van der Waals surface area contributed by atoms with Gasteiger partial charge in [-0.05, 0) is 55.3 Å². The molecule has 0 unspecified atom stereocenters. The van der Waals surface area contributed by atoms with Crippen molar-refractivity contribution in [3.05, 3.63) is 58.6 Å². The van der Waals surface area contributed by atoms with E-state index in [1.807, 2.05) is 24.3 Å². The molecule has 2 aromatic carbocycles. The summed E-state index contributed by atoms with van der Waals surface area (Å²) in [5.41, 5.74) is 3.56. The fourth-order valence-corrected chi connectivity index (χ4v) is 2.67.